The van der Waals surface area contributed by atoms with Crippen LogP contribution in [-0.4, -0.2) is 8.42 Å². The van der Waals surface area contributed by atoms with Crippen molar-refractivity contribution in [2.75, 3.05) is 0 Å². The molecule has 2 aromatic carbocycles. The molecule has 0 fully saturated rings. The monoisotopic (exact) mass is 338 g/mol. The highest BCUT2D eigenvalue weighted by Gasteiger charge is 2.15. The molecule has 110 valence electrons. The highest BCUT2D eigenvalue weighted by Crippen LogP contribution is 2.17. The van der Waals surface area contributed by atoms with Crippen LogP contribution in [0.1, 0.15) is 0 Å². The van der Waals surface area contributed by atoms with E-state index in [1.54, 1.807) is 0 Å². The van der Waals surface area contributed by atoms with E-state index in [-0.39, 0.29) is 15.7 Å². The van der Waals surface area contributed by atoms with Crippen molar-refractivity contribution in [1.29, 1.82) is 5.39 Å². The van der Waals surface area contributed by atoms with Crippen LogP contribution in [0.4, 0.5) is 0 Å². The lowest BCUT2D eigenvalue weighted by molar-refractivity contribution is 0.609. The van der Waals surface area contributed by atoms with Gasteiger partial charge in [0.05, 0.1) is 10.3 Å². The molecule has 0 bridgehead atoms. The highest BCUT2D eigenvalue weighted by atomic mass is 35.7. The van der Waals surface area contributed by atoms with E-state index in [1.165, 1.54) is 0 Å². The number of fused-ring (bicyclic) bond motifs is 1. The Balaban J connectivity index is 3.29. The Morgan fingerprint density at radius 2 is 1.82 bits per heavy atom. The SMILES string of the molecule is N#[N+]N=c1c(=NN=[N-])c(=O)c(=O)c2ccc(S(=O)(=O)Cl)cc12. The number of halogens is 1. The average molecular weight is 339 g/mol. The zero-order valence-electron chi connectivity index (χ0n) is 10.3. The van der Waals surface area contributed by atoms with E-state index in [4.69, 9.17) is 21.6 Å². The number of nitrogens with zero attached hydrogens (tertiary/aromatic N) is 6. The van der Waals surface area contributed by atoms with Gasteiger partial charge in [0.1, 0.15) is 0 Å². The number of hydrogen-bond acceptors (Lipinski definition) is 7. The zero-order valence-corrected chi connectivity index (χ0v) is 11.9. The van der Waals surface area contributed by atoms with Crippen LogP contribution >= 0.6 is 10.7 Å². The molecule has 2 rings (SSSR count). The lowest BCUT2D eigenvalue weighted by atomic mass is 10.1. The van der Waals surface area contributed by atoms with E-state index in [0.717, 1.165) is 18.2 Å². The van der Waals surface area contributed by atoms with E-state index in [1.807, 2.05) is 0 Å². The molecule has 0 aliphatic carbocycles. The average Bonchev–Trinajstić information content (AvgIpc) is 2.47. The standard InChI is InChI=1S/C10H3ClN6O4S/c11-22(20,21)4-1-2-5-6(3-4)7(14-16-12)8(15-17-13)10(19)9(5)18/h1-3H. The van der Waals surface area contributed by atoms with Crippen LogP contribution < -0.4 is 21.6 Å². The summed E-state index contributed by atoms with van der Waals surface area (Å²) in [5.41, 5.74) is 6.27. The highest BCUT2D eigenvalue weighted by molar-refractivity contribution is 8.13. The minimum atomic E-state index is -4.12. The van der Waals surface area contributed by atoms with E-state index in [0.29, 0.717) is 0 Å². The van der Waals surface area contributed by atoms with Crippen LogP contribution in [0.3, 0.4) is 0 Å². The number of hydrogen-bond donors (Lipinski definition) is 0. The molecular weight excluding hydrogens is 336 g/mol. The van der Waals surface area contributed by atoms with Gasteiger partial charge in [0.2, 0.25) is 10.9 Å². The Morgan fingerprint density at radius 1 is 1.14 bits per heavy atom. The summed E-state index contributed by atoms with van der Waals surface area (Å²) in [4.78, 5) is 23.4. The summed E-state index contributed by atoms with van der Waals surface area (Å²) < 4.78 is 22.7. The molecule has 0 aromatic heterocycles. The van der Waals surface area contributed by atoms with Gasteiger partial charge in [-0.2, -0.15) is 0 Å². The third-order valence-corrected chi connectivity index (χ3v) is 4.06. The fraction of sp³-hybridized carbons (Fsp3) is 0. The molecule has 12 heteroatoms. The van der Waals surface area contributed by atoms with Gasteiger partial charge in [-0.15, -0.1) is 0 Å². The van der Waals surface area contributed by atoms with Crippen LogP contribution in [-0.2, 0) is 9.05 Å². The van der Waals surface area contributed by atoms with Crippen molar-refractivity contribution >= 4 is 30.5 Å². The smallest absolute Gasteiger partial charge is 0.339 e. The van der Waals surface area contributed by atoms with Gasteiger partial charge in [-0.25, -0.2) is 8.42 Å². The summed E-state index contributed by atoms with van der Waals surface area (Å²) in [6.07, 6.45) is 0. The molecule has 0 saturated heterocycles. The fourth-order valence-electron chi connectivity index (χ4n) is 1.82. The molecule has 0 aliphatic heterocycles. The second kappa shape index (κ2) is 5.51. The van der Waals surface area contributed by atoms with Gasteiger partial charge in [0, 0.05) is 21.5 Å². The van der Waals surface area contributed by atoms with Crippen molar-refractivity contribution < 1.29 is 8.42 Å². The Bertz CT molecular complexity index is 1170. The van der Waals surface area contributed by atoms with Crippen LogP contribution in [0, 0.1) is 5.39 Å². The second-order valence-corrected chi connectivity index (χ2v) is 6.45. The Hall–Kier alpha value is -2.84. The molecule has 0 amide bonds. The van der Waals surface area contributed by atoms with Crippen molar-refractivity contribution in [2.45, 2.75) is 4.90 Å². The molecule has 0 unspecified atom stereocenters. The molecule has 0 spiro atoms. The Morgan fingerprint density at radius 3 is 2.36 bits per heavy atom. The summed E-state index contributed by atoms with van der Waals surface area (Å²) in [6.45, 7) is 0. The first kappa shape index (κ1) is 15.5. The van der Waals surface area contributed by atoms with Crippen molar-refractivity contribution in [3.8, 4) is 0 Å². The molecular formula is C10H3ClN6O4S. The van der Waals surface area contributed by atoms with Gasteiger partial charge >= 0.3 is 5.08 Å². The van der Waals surface area contributed by atoms with Crippen molar-refractivity contribution in [3.05, 3.63) is 60.0 Å². The number of rotatable bonds is 2. The first-order valence-corrected chi connectivity index (χ1v) is 7.64. The minimum absolute atomic E-state index is 0.161. The first-order chi connectivity index (χ1) is 10.3. The molecule has 2 aromatic rings. The van der Waals surface area contributed by atoms with Gasteiger partial charge in [-0.05, 0) is 18.2 Å². The second-order valence-electron chi connectivity index (χ2n) is 3.88. The predicted octanol–water partition coefficient (Wildman–Crippen LogP) is -0.131. The first-order valence-electron chi connectivity index (χ1n) is 5.34. The van der Waals surface area contributed by atoms with Crippen molar-refractivity contribution in [2.24, 2.45) is 15.4 Å². The topological polar surface area (TPSA) is 156 Å². The maximum absolute atomic E-state index is 11.9. The molecule has 10 nitrogen and oxygen atoms in total. The van der Waals surface area contributed by atoms with Gasteiger partial charge < -0.3 is 10.6 Å². The Labute approximate surface area is 125 Å². The molecule has 0 atom stereocenters. The molecule has 0 saturated carbocycles. The maximum Gasteiger partial charge on any atom is 0.339 e. The molecule has 22 heavy (non-hydrogen) atoms. The van der Waals surface area contributed by atoms with Crippen LogP contribution in [0.25, 0.3) is 21.4 Å². The lowest BCUT2D eigenvalue weighted by Crippen LogP contribution is -2.47. The largest absolute Gasteiger partial charge is 0.362 e. The van der Waals surface area contributed by atoms with E-state index in [9.17, 15) is 18.0 Å². The minimum Gasteiger partial charge on any atom is -0.362 e. The van der Waals surface area contributed by atoms with Crippen LogP contribution in [0.15, 0.2) is 48.1 Å². The van der Waals surface area contributed by atoms with Gasteiger partial charge in [0.15, 0.2) is 10.5 Å². The van der Waals surface area contributed by atoms with Crippen LogP contribution in [0.2, 0.25) is 0 Å². The predicted molar refractivity (Wildman–Crippen MR) is 73.9 cm³/mol. The van der Waals surface area contributed by atoms with Gasteiger partial charge in [0.25, 0.3) is 14.4 Å². The third kappa shape index (κ3) is 2.52. The summed E-state index contributed by atoms with van der Waals surface area (Å²) in [5, 5.41) is 18.2. The molecule has 0 radical (unpaired) electrons. The van der Waals surface area contributed by atoms with E-state index in [2.05, 4.69) is 20.5 Å². The summed E-state index contributed by atoms with van der Waals surface area (Å²) in [5.74, 6) is 0. The normalized spacial score (nSPS) is 13.3. The molecule has 0 N–H and O–H groups in total. The lowest BCUT2D eigenvalue weighted by Gasteiger charge is -2.00. The zero-order chi connectivity index (χ0) is 16.5. The van der Waals surface area contributed by atoms with Gasteiger partial charge in [-0.3, -0.25) is 14.8 Å². The fourth-order valence-corrected chi connectivity index (χ4v) is 2.59. The number of diazo groups is 1. The maximum atomic E-state index is 11.9. The molecule has 0 heterocycles. The van der Waals surface area contributed by atoms with Crippen molar-refractivity contribution in [3.63, 3.8) is 0 Å². The van der Waals surface area contributed by atoms with Crippen LogP contribution in [0.5, 0.6) is 0 Å². The molecule has 0 aliphatic rings. The number of benzene rings is 2. The Kier molecular flexibility index (Phi) is 3.89. The van der Waals surface area contributed by atoms with Gasteiger partial charge in [-0.1, -0.05) is 0 Å². The quantitative estimate of drug-likeness (QED) is 0.245. The van der Waals surface area contributed by atoms with Crippen molar-refractivity contribution in [1.82, 2.24) is 0 Å². The van der Waals surface area contributed by atoms with E-state index < -0.39 is 30.6 Å². The summed E-state index contributed by atoms with van der Waals surface area (Å²) >= 11 is 0. The summed E-state index contributed by atoms with van der Waals surface area (Å²) in [7, 11) is 1.09. The summed E-state index contributed by atoms with van der Waals surface area (Å²) in [6, 6.07) is 3.04. The third-order valence-electron chi connectivity index (χ3n) is 2.71. The van der Waals surface area contributed by atoms with E-state index >= 15 is 0 Å².